The van der Waals surface area contributed by atoms with Gasteiger partial charge in [-0.1, -0.05) is 0 Å². The molecule has 1 heterocycles. The van der Waals surface area contributed by atoms with Gasteiger partial charge < -0.3 is 26.9 Å². The van der Waals surface area contributed by atoms with E-state index in [4.69, 9.17) is 26.9 Å². The van der Waals surface area contributed by atoms with Crippen LogP contribution in [-0.4, -0.2) is 78.9 Å². The third-order valence-corrected chi connectivity index (χ3v) is 9.12. The Balaban J connectivity index is 3.50. The van der Waals surface area contributed by atoms with Crippen LogP contribution < -0.4 is 0 Å². The van der Waals surface area contributed by atoms with Gasteiger partial charge in [0.05, 0.1) is 6.61 Å². The van der Waals surface area contributed by atoms with Crippen molar-refractivity contribution in [2.75, 3.05) is 6.61 Å². The number of hydrogen-bond acceptors (Lipinski definition) is 6. The van der Waals surface area contributed by atoms with Gasteiger partial charge in [0.15, 0.2) is 47.9 Å². The lowest BCUT2D eigenvalue weighted by Crippen LogP contribution is -2.67. The van der Waals surface area contributed by atoms with Crippen molar-refractivity contribution in [3.05, 3.63) is 0 Å². The van der Waals surface area contributed by atoms with E-state index < -0.39 is 47.9 Å². The molecule has 6 nitrogen and oxygen atoms in total. The van der Waals surface area contributed by atoms with Crippen LogP contribution in [0, 0.1) is 0 Å². The summed E-state index contributed by atoms with van der Waals surface area (Å²) in [5, 5.41) is 0. The fourth-order valence-electron chi connectivity index (χ4n) is 3.41. The molecule has 1 aliphatic rings. The van der Waals surface area contributed by atoms with Crippen molar-refractivity contribution in [1.82, 2.24) is 0 Å². The van der Waals surface area contributed by atoms with Crippen LogP contribution in [-0.2, 0) is 26.9 Å². The van der Waals surface area contributed by atoms with Crippen molar-refractivity contribution in [1.29, 1.82) is 0 Å². The molecule has 0 bridgehead atoms. The molecule has 1 rings (SSSR count). The van der Waals surface area contributed by atoms with Crippen molar-refractivity contribution >= 4 is 41.6 Å². The van der Waals surface area contributed by atoms with Gasteiger partial charge in [-0.25, -0.2) is 0 Å². The molecule has 0 aromatic rings. The van der Waals surface area contributed by atoms with E-state index in [1.165, 1.54) is 0 Å². The predicted octanol–water partition coefficient (Wildman–Crippen LogP) is 6.07. The summed E-state index contributed by atoms with van der Waals surface area (Å²) in [4.78, 5) is 0. The maximum absolute atomic E-state index is 6.85. The first-order chi connectivity index (χ1) is 14.0. The van der Waals surface area contributed by atoms with Gasteiger partial charge in [-0.05, 0) is 98.2 Å². The Morgan fingerprint density at radius 2 is 0.844 bits per heavy atom. The summed E-state index contributed by atoms with van der Waals surface area (Å²) in [6, 6.07) is 0. The fraction of sp³-hybridized carbons (Fsp3) is 1.00. The molecule has 0 amide bonds. The van der Waals surface area contributed by atoms with Crippen molar-refractivity contribution < 1.29 is 26.9 Å². The SMILES string of the molecule is C[Si](C)(C)OCC1O[C@H](O[Si](C)(C)C)[C@H](O[Si](C)(C)C)[C@@H](O[Si](C)(C)C)[C@@H]1O[Si](C)(C)C. The maximum Gasteiger partial charge on any atom is 0.187 e. The van der Waals surface area contributed by atoms with E-state index >= 15 is 0 Å². The van der Waals surface area contributed by atoms with Crippen LogP contribution in [0.1, 0.15) is 0 Å². The van der Waals surface area contributed by atoms with Crippen molar-refractivity contribution in [3.63, 3.8) is 0 Å². The topological polar surface area (TPSA) is 55.4 Å². The Kier molecular flexibility index (Phi) is 10.5. The third kappa shape index (κ3) is 12.5. The Labute approximate surface area is 203 Å². The zero-order valence-corrected chi connectivity index (χ0v) is 28.5. The lowest BCUT2D eigenvalue weighted by Gasteiger charge is -2.51. The second-order valence-electron chi connectivity index (χ2n) is 13.8. The molecule has 1 unspecified atom stereocenters. The second kappa shape index (κ2) is 10.8. The fourth-order valence-corrected chi connectivity index (χ4v) is 8.21. The summed E-state index contributed by atoms with van der Waals surface area (Å²) in [6.07, 6.45) is -1.54. The van der Waals surface area contributed by atoms with E-state index in [-0.39, 0.29) is 24.4 Å². The molecule has 0 radical (unpaired) electrons. The quantitative estimate of drug-likeness (QED) is 0.296. The molecule has 0 N–H and O–H groups in total. The van der Waals surface area contributed by atoms with Gasteiger partial charge in [0.2, 0.25) is 0 Å². The van der Waals surface area contributed by atoms with Gasteiger partial charge in [0.25, 0.3) is 0 Å². The molecule has 0 aliphatic carbocycles. The number of hydrogen-bond donors (Lipinski definition) is 0. The molecule has 32 heavy (non-hydrogen) atoms. The molecule has 1 fully saturated rings. The van der Waals surface area contributed by atoms with E-state index in [0.29, 0.717) is 6.61 Å². The minimum atomic E-state index is -1.92. The van der Waals surface area contributed by atoms with Gasteiger partial charge in [-0.15, -0.1) is 0 Å². The molecule has 0 aromatic heterocycles. The molecule has 0 saturated carbocycles. The first kappa shape index (κ1) is 30.9. The zero-order valence-electron chi connectivity index (χ0n) is 23.5. The zero-order chi connectivity index (χ0) is 25.3. The maximum atomic E-state index is 6.85. The second-order valence-corrected chi connectivity index (χ2v) is 36.1. The minimum Gasteiger partial charge on any atom is -0.415 e. The van der Waals surface area contributed by atoms with Gasteiger partial charge in [0, 0.05) is 0 Å². The summed E-state index contributed by atoms with van der Waals surface area (Å²) in [5.41, 5.74) is 0. The highest BCUT2D eigenvalue weighted by molar-refractivity contribution is 6.71. The largest absolute Gasteiger partial charge is 0.415 e. The molecule has 5 atom stereocenters. The van der Waals surface area contributed by atoms with Crippen LogP contribution in [0.15, 0.2) is 0 Å². The van der Waals surface area contributed by atoms with Crippen LogP contribution >= 0.6 is 0 Å². The smallest absolute Gasteiger partial charge is 0.187 e. The van der Waals surface area contributed by atoms with Crippen LogP contribution in [0.2, 0.25) is 98.2 Å². The summed E-state index contributed by atoms with van der Waals surface area (Å²) in [7, 11) is -9.37. The van der Waals surface area contributed by atoms with Gasteiger partial charge in [-0.3, -0.25) is 0 Å². The Bertz CT molecular complexity index is 586. The Hall–Kier alpha value is 0.844. The predicted molar refractivity (Wildman–Crippen MR) is 147 cm³/mol. The summed E-state index contributed by atoms with van der Waals surface area (Å²) >= 11 is 0. The van der Waals surface area contributed by atoms with Crippen molar-refractivity contribution in [2.45, 2.75) is 129 Å². The Morgan fingerprint density at radius 3 is 1.22 bits per heavy atom. The van der Waals surface area contributed by atoms with Crippen LogP contribution in [0.3, 0.4) is 0 Å². The Morgan fingerprint density at radius 1 is 0.469 bits per heavy atom. The molecule has 1 aliphatic heterocycles. The number of ether oxygens (including phenoxy) is 1. The molecule has 192 valence electrons. The molecule has 11 heteroatoms. The minimum absolute atomic E-state index is 0.243. The van der Waals surface area contributed by atoms with Gasteiger partial charge in [0.1, 0.15) is 24.4 Å². The molecule has 1 saturated heterocycles. The highest BCUT2D eigenvalue weighted by atomic mass is 28.4. The first-order valence-electron chi connectivity index (χ1n) is 12.0. The summed E-state index contributed by atoms with van der Waals surface area (Å²) < 4.78 is 39.9. The van der Waals surface area contributed by atoms with E-state index in [1.807, 2.05) is 0 Å². The monoisotopic (exact) mass is 540 g/mol. The van der Waals surface area contributed by atoms with Crippen LogP contribution in [0.4, 0.5) is 0 Å². The molecular weight excluding hydrogens is 489 g/mol. The van der Waals surface area contributed by atoms with Gasteiger partial charge >= 0.3 is 0 Å². The lowest BCUT2D eigenvalue weighted by atomic mass is 9.99. The van der Waals surface area contributed by atoms with Crippen molar-refractivity contribution in [2.24, 2.45) is 0 Å². The lowest BCUT2D eigenvalue weighted by molar-refractivity contribution is -0.268. The van der Waals surface area contributed by atoms with Gasteiger partial charge in [-0.2, -0.15) is 0 Å². The third-order valence-electron chi connectivity index (χ3n) is 4.21. The van der Waals surface area contributed by atoms with E-state index in [1.54, 1.807) is 0 Å². The van der Waals surface area contributed by atoms with E-state index in [2.05, 4.69) is 98.2 Å². The highest BCUT2D eigenvalue weighted by Gasteiger charge is 2.52. The van der Waals surface area contributed by atoms with E-state index in [0.717, 1.165) is 0 Å². The highest BCUT2D eigenvalue weighted by Crippen LogP contribution is 2.35. The molecule has 0 spiro atoms. The normalized spacial score (nSPS) is 28.8. The average Bonchev–Trinajstić information content (AvgIpc) is 2.45. The first-order valence-corrected chi connectivity index (χ1v) is 29.0. The average molecular weight is 541 g/mol. The molecule has 0 aromatic carbocycles. The van der Waals surface area contributed by atoms with Crippen LogP contribution in [0.5, 0.6) is 0 Å². The van der Waals surface area contributed by atoms with E-state index in [9.17, 15) is 0 Å². The van der Waals surface area contributed by atoms with Crippen LogP contribution in [0.25, 0.3) is 0 Å². The molecular formula is C21H52O6Si5. The summed E-state index contributed by atoms with van der Waals surface area (Å²) in [5.74, 6) is 0. The summed E-state index contributed by atoms with van der Waals surface area (Å²) in [6.45, 7) is 33.6. The number of rotatable bonds is 11. The van der Waals surface area contributed by atoms with Crippen molar-refractivity contribution in [3.8, 4) is 0 Å². The standard InChI is InChI=1S/C21H52O6Si5/c1-28(2,3)22-16-17-18(24-29(4,5)6)19(25-30(7,8)9)20(26-31(10,11)12)21(23-17)27-32(13,14)15/h17-21H,16H2,1-15H3/t17?,18-,19+,20-,21-/m1/s1.